The highest BCUT2D eigenvalue weighted by Crippen LogP contribution is 2.40. The molecule has 0 amide bonds. The quantitative estimate of drug-likeness (QED) is 0.902. The zero-order chi connectivity index (χ0) is 14.0. The fourth-order valence-corrected chi connectivity index (χ4v) is 2.88. The molecule has 3 nitrogen and oxygen atoms in total. The first-order chi connectivity index (χ1) is 8.93. The van der Waals surface area contributed by atoms with E-state index in [4.69, 9.17) is 9.47 Å². The van der Waals surface area contributed by atoms with E-state index in [1.54, 1.807) is 7.11 Å². The van der Waals surface area contributed by atoms with E-state index in [9.17, 15) is 0 Å². The molecule has 1 aliphatic rings. The molecule has 1 aromatic rings. The highest BCUT2D eigenvalue weighted by Gasteiger charge is 2.26. The van der Waals surface area contributed by atoms with Crippen LogP contribution in [-0.2, 0) is 10.2 Å². The van der Waals surface area contributed by atoms with E-state index in [1.165, 1.54) is 5.56 Å². The number of morpholine rings is 1. The molecule has 1 aromatic carbocycles. The summed E-state index contributed by atoms with van der Waals surface area (Å²) in [6.07, 6.45) is 0.0577. The van der Waals surface area contributed by atoms with Crippen LogP contribution >= 0.6 is 15.9 Å². The maximum Gasteiger partial charge on any atom is 0.128 e. The van der Waals surface area contributed by atoms with Gasteiger partial charge in [0, 0.05) is 28.7 Å². The smallest absolute Gasteiger partial charge is 0.128 e. The predicted octanol–water partition coefficient (Wildman–Crippen LogP) is 3.42. The van der Waals surface area contributed by atoms with Crippen LogP contribution in [0.15, 0.2) is 16.6 Å². The van der Waals surface area contributed by atoms with Gasteiger partial charge in [-0.25, -0.2) is 0 Å². The number of hydrogen-bond acceptors (Lipinski definition) is 3. The summed E-state index contributed by atoms with van der Waals surface area (Å²) >= 11 is 3.60. The predicted molar refractivity (Wildman–Crippen MR) is 81.0 cm³/mol. The number of hydrogen-bond donors (Lipinski definition) is 1. The molecule has 106 valence electrons. The standard InChI is InChI=1S/C15H22BrNO2/c1-15(2,3)12-8-10(16)7-11(14(12)18-4)13-9-17-5-6-19-13/h7-8,13,17H,5-6,9H2,1-4H3. The van der Waals surface area contributed by atoms with Crippen molar-refractivity contribution >= 4 is 15.9 Å². The van der Waals surface area contributed by atoms with Crippen molar-refractivity contribution in [2.75, 3.05) is 26.8 Å². The van der Waals surface area contributed by atoms with E-state index < -0.39 is 0 Å². The molecule has 19 heavy (non-hydrogen) atoms. The van der Waals surface area contributed by atoms with Gasteiger partial charge in [-0.3, -0.25) is 0 Å². The van der Waals surface area contributed by atoms with Crippen LogP contribution < -0.4 is 10.1 Å². The van der Waals surface area contributed by atoms with E-state index in [0.717, 1.165) is 35.5 Å². The van der Waals surface area contributed by atoms with Gasteiger partial charge >= 0.3 is 0 Å². The topological polar surface area (TPSA) is 30.5 Å². The van der Waals surface area contributed by atoms with Crippen LogP contribution in [0.5, 0.6) is 5.75 Å². The van der Waals surface area contributed by atoms with Crippen molar-refractivity contribution in [1.29, 1.82) is 0 Å². The number of ether oxygens (including phenoxy) is 2. The monoisotopic (exact) mass is 327 g/mol. The lowest BCUT2D eigenvalue weighted by Gasteiger charge is -2.29. The highest BCUT2D eigenvalue weighted by molar-refractivity contribution is 9.10. The summed E-state index contributed by atoms with van der Waals surface area (Å²) in [6.45, 7) is 9.07. The Hall–Kier alpha value is -0.580. The zero-order valence-corrected chi connectivity index (χ0v) is 13.6. The second-order valence-corrected chi connectivity index (χ2v) is 6.81. The number of halogens is 1. The van der Waals surface area contributed by atoms with Crippen LogP contribution in [-0.4, -0.2) is 26.8 Å². The Morgan fingerprint density at radius 1 is 1.37 bits per heavy atom. The van der Waals surface area contributed by atoms with Crippen LogP contribution in [0.25, 0.3) is 0 Å². The van der Waals surface area contributed by atoms with Gasteiger partial charge in [-0.2, -0.15) is 0 Å². The molecule has 1 atom stereocenters. The maximum atomic E-state index is 5.87. The summed E-state index contributed by atoms with van der Waals surface area (Å²) in [5.74, 6) is 0.949. The lowest BCUT2D eigenvalue weighted by atomic mass is 9.84. The van der Waals surface area contributed by atoms with E-state index in [2.05, 4.69) is 54.2 Å². The molecule has 1 aliphatic heterocycles. The fourth-order valence-electron chi connectivity index (χ4n) is 2.40. The molecular weight excluding hydrogens is 306 g/mol. The molecular formula is C15H22BrNO2. The van der Waals surface area contributed by atoms with Crippen molar-refractivity contribution in [3.8, 4) is 5.75 Å². The molecule has 1 fully saturated rings. The molecule has 1 N–H and O–H groups in total. The molecule has 0 aliphatic carbocycles. The first-order valence-corrected chi connectivity index (χ1v) is 7.43. The van der Waals surface area contributed by atoms with Crippen molar-refractivity contribution in [2.45, 2.75) is 32.3 Å². The summed E-state index contributed by atoms with van der Waals surface area (Å²) in [5.41, 5.74) is 2.36. The first-order valence-electron chi connectivity index (χ1n) is 6.63. The molecule has 1 saturated heterocycles. The second kappa shape index (κ2) is 5.81. The zero-order valence-electron chi connectivity index (χ0n) is 12.0. The molecule has 4 heteroatoms. The fraction of sp³-hybridized carbons (Fsp3) is 0.600. The van der Waals surface area contributed by atoms with Gasteiger partial charge in [-0.15, -0.1) is 0 Å². The van der Waals surface area contributed by atoms with Gasteiger partial charge in [-0.1, -0.05) is 36.7 Å². The average molecular weight is 328 g/mol. The van der Waals surface area contributed by atoms with Crippen molar-refractivity contribution in [3.63, 3.8) is 0 Å². The van der Waals surface area contributed by atoms with Gasteiger partial charge in [0.05, 0.1) is 19.8 Å². The van der Waals surface area contributed by atoms with Crippen LogP contribution in [0.4, 0.5) is 0 Å². The van der Waals surface area contributed by atoms with Gasteiger partial charge in [0.1, 0.15) is 5.75 Å². The van der Waals surface area contributed by atoms with Crippen LogP contribution in [0.2, 0.25) is 0 Å². The molecule has 0 spiro atoms. The molecule has 1 heterocycles. The van der Waals surface area contributed by atoms with Crippen LogP contribution in [0, 0.1) is 0 Å². The van der Waals surface area contributed by atoms with E-state index in [1.807, 2.05) is 0 Å². The summed E-state index contributed by atoms with van der Waals surface area (Å²) in [7, 11) is 1.73. The second-order valence-electron chi connectivity index (χ2n) is 5.89. The Morgan fingerprint density at radius 3 is 2.63 bits per heavy atom. The van der Waals surface area contributed by atoms with Gasteiger partial charge in [-0.05, 0) is 17.5 Å². The Kier molecular flexibility index (Phi) is 4.54. The van der Waals surface area contributed by atoms with Gasteiger partial charge in [0.25, 0.3) is 0 Å². The van der Waals surface area contributed by atoms with Crippen LogP contribution in [0.1, 0.15) is 38.0 Å². The Morgan fingerprint density at radius 2 is 2.11 bits per heavy atom. The Bertz CT molecular complexity index is 448. The number of nitrogens with one attached hydrogen (secondary N) is 1. The molecule has 0 radical (unpaired) electrons. The number of benzene rings is 1. The van der Waals surface area contributed by atoms with Crippen molar-refractivity contribution in [1.82, 2.24) is 5.32 Å². The first kappa shape index (κ1) is 14.8. The normalized spacial score (nSPS) is 20.4. The van der Waals surface area contributed by atoms with Gasteiger partial charge < -0.3 is 14.8 Å². The van der Waals surface area contributed by atoms with Crippen LogP contribution in [0.3, 0.4) is 0 Å². The summed E-state index contributed by atoms with van der Waals surface area (Å²) in [6, 6.07) is 4.24. The molecule has 0 saturated carbocycles. The van der Waals surface area contributed by atoms with E-state index >= 15 is 0 Å². The SMILES string of the molecule is COc1c(C2CNCCO2)cc(Br)cc1C(C)(C)C. The Balaban J connectivity index is 2.50. The lowest BCUT2D eigenvalue weighted by molar-refractivity contribution is 0.0261. The van der Waals surface area contributed by atoms with Crippen molar-refractivity contribution in [2.24, 2.45) is 0 Å². The van der Waals surface area contributed by atoms with E-state index in [-0.39, 0.29) is 11.5 Å². The third kappa shape index (κ3) is 3.30. The average Bonchev–Trinajstić information content (AvgIpc) is 2.37. The molecule has 0 bridgehead atoms. The lowest BCUT2D eigenvalue weighted by Crippen LogP contribution is -2.33. The highest BCUT2D eigenvalue weighted by atomic mass is 79.9. The molecule has 2 rings (SSSR count). The minimum absolute atomic E-state index is 0.0337. The third-order valence-electron chi connectivity index (χ3n) is 3.37. The largest absolute Gasteiger partial charge is 0.496 e. The van der Waals surface area contributed by atoms with Gasteiger partial charge in [0.15, 0.2) is 0 Å². The molecule has 0 aromatic heterocycles. The Labute approximate surface area is 123 Å². The summed E-state index contributed by atoms with van der Waals surface area (Å²) in [4.78, 5) is 0. The van der Waals surface area contributed by atoms with E-state index in [0.29, 0.717) is 0 Å². The number of rotatable bonds is 2. The maximum absolute atomic E-state index is 5.87. The minimum Gasteiger partial charge on any atom is -0.496 e. The third-order valence-corrected chi connectivity index (χ3v) is 3.83. The van der Waals surface area contributed by atoms with Gasteiger partial charge in [0.2, 0.25) is 0 Å². The molecule has 1 unspecified atom stereocenters. The van der Waals surface area contributed by atoms with Crippen molar-refractivity contribution < 1.29 is 9.47 Å². The number of methoxy groups -OCH3 is 1. The summed E-state index contributed by atoms with van der Waals surface area (Å²) < 4.78 is 12.6. The summed E-state index contributed by atoms with van der Waals surface area (Å²) in [5, 5.41) is 3.37. The minimum atomic E-state index is 0.0337. The van der Waals surface area contributed by atoms with Crippen molar-refractivity contribution in [3.05, 3.63) is 27.7 Å².